The largest absolute Gasteiger partial charge is 0.217 e. The normalized spacial score (nSPS) is 15.1. The highest BCUT2D eigenvalue weighted by Gasteiger charge is 2.28. The first-order valence-corrected chi connectivity index (χ1v) is 6.98. The summed E-state index contributed by atoms with van der Waals surface area (Å²) in [5.41, 5.74) is 0. The van der Waals surface area contributed by atoms with E-state index in [1.807, 2.05) is 13.8 Å². The topological polar surface area (TPSA) is 37.4 Å². The van der Waals surface area contributed by atoms with Crippen molar-refractivity contribution in [2.24, 2.45) is 0 Å². The minimum absolute atomic E-state index is 0.0886. The quantitative estimate of drug-likeness (QED) is 0.668. The highest BCUT2D eigenvalue weighted by atomic mass is 35.5. The van der Waals surface area contributed by atoms with E-state index in [0.717, 1.165) is 12.8 Å². The van der Waals surface area contributed by atoms with Gasteiger partial charge in [-0.1, -0.05) is 13.8 Å². The molecule has 0 heterocycles. The highest BCUT2D eigenvalue weighted by molar-refractivity contribution is 7.89. The molecule has 0 rings (SSSR count). The van der Waals surface area contributed by atoms with E-state index >= 15 is 0 Å². The Hall–Kier alpha value is 0.200. The summed E-state index contributed by atoms with van der Waals surface area (Å²) in [5, 5.41) is -0.505. The Morgan fingerprint density at radius 1 is 1.29 bits per heavy atom. The fourth-order valence-corrected chi connectivity index (χ4v) is 3.29. The maximum atomic E-state index is 11.9. The molecule has 0 amide bonds. The number of sulfonamides is 1. The lowest BCUT2D eigenvalue weighted by molar-refractivity contribution is 0.347. The van der Waals surface area contributed by atoms with E-state index in [1.54, 1.807) is 14.0 Å². The lowest BCUT2D eigenvalue weighted by Crippen LogP contribution is -2.41. The smallest absolute Gasteiger partial charge is 0.212 e. The molecule has 14 heavy (non-hydrogen) atoms. The van der Waals surface area contributed by atoms with Crippen LogP contribution in [0.15, 0.2) is 0 Å². The first-order chi connectivity index (χ1) is 6.41. The van der Waals surface area contributed by atoms with Gasteiger partial charge in [-0.3, -0.25) is 0 Å². The minimum atomic E-state index is -3.21. The molecule has 0 aliphatic rings. The van der Waals surface area contributed by atoms with Crippen LogP contribution in [0.3, 0.4) is 0 Å². The van der Waals surface area contributed by atoms with Crippen LogP contribution in [0.4, 0.5) is 0 Å². The molecule has 3 nitrogen and oxygen atoms in total. The predicted molar refractivity (Wildman–Crippen MR) is 61.2 cm³/mol. The molecular weight excluding hydrogens is 222 g/mol. The molecule has 0 aliphatic carbocycles. The summed E-state index contributed by atoms with van der Waals surface area (Å²) in [5.74, 6) is 0.146. The molecule has 0 aliphatic heterocycles. The lowest BCUT2D eigenvalue weighted by atomic mass is 10.2. The van der Waals surface area contributed by atoms with Crippen molar-refractivity contribution in [3.63, 3.8) is 0 Å². The van der Waals surface area contributed by atoms with Crippen LogP contribution in [0.25, 0.3) is 0 Å². The van der Waals surface area contributed by atoms with Crippen molar-refractivity contribution in [2.45, 2.75) is 44.9 Å². The molecule has 0 bridgehead atoms. The van der Waals surface area contributed by atoms with Crippen LogP contribution in [-0.4, -0.2) is 36.9 Å². The number of nitrogens with zero attached hydrogens (tertiary/aromatic N) is 1. The minimum Gasteiger partial charge on any atom is -0.212 e. The van der Waals surface area contributed by atoms with E-state index in [1.165, 1.54) is 4.31 Å². The second-order valence-electron chi connectivity index (χ2n) is 3.50. The van der Waals surface area contributed by atoms with Gasteiger partial charge in [0.25, 0.3) is 0 Å². The molecule has 0 aromatic rings. The zero-order chi connectivity index (χ0) is 11.4. The molecule has 0 N–H and O–H groups in total. The third-order valence-corrected chi connectivity index (χ3v) is 5.51. The molecule has 0 fully saturated rings. The molecule has 0 saturated heterocycles. The summed E-state index contributed by atoms with van der Waals surface area (Å²) in [6.45, 7) is 5.62. The van der Waals surface area contributed by atoms with Crippen molar-refractivity contribution in [1.29, 1.82) is 0 Å². The Morgan fingerprint density at radius 2 is 1.71 bits per heavy atom. The van der Waals surface area contributed by atoms with Gasteiger partial charge >= 0.3 is 0 Å². The number of alkyl halides is 1. The molecule has 0 aromatic carbocycles. The Kier molecular flexibility index (Phi) is 6.02. The van der Waals surface area contributed by atoms with Gasteiger partial charge in [-0.2, -0.15) is 0 Å². The van der Waals surface area contributed by atoms with Crippen LogP contribution >= 0.6 is 11.6 Å². The molecular formula is C9H20ClNO2S. The Morgan fingerprint density at radius 3 is 2.00 bits per heavy atom. The van der Waals surface area contributed by atoms with Gasteiger partial charge in [0.05, 0.1) is 5.25 Å². The maximum absolute atomic E-state index is 11.9. The van der Waals surface area contributed by atoms with Gasteiger partial charge < -0.3 is 0 Å². The van der Waals surface area contributed by atoms with Gasteiger partial charge in [-0.05, 0) is 19.8 Å². The fraction of sp³-hybridized carbons (Fsp3) is 1.00. The van der Waals surface area contributed by atoms with Crippen molar-refractivity contribution in [2.75, 3.05) is 12.9 Å². The zero-order valence-electron chi connectivity index (χ0n) is 9.33. The van der Waals surface area contributed by atoms with Crippen molar-refractivity contribution in [3.05, 3.63) is 0 Å². The molecule has 1 unspecified atom stereocenters. The second-order valence-corrected chi connectivity index (χ2v) is 6.22. The summed E-state index contributed by atoms with van der Waals surface area (Å²) >= 11 is 5.57. The first kappa shape index (κ1) is 14.2. The van der Waals surface area contributed by atoms with Crippen LogP contribution in [0.1, 0.15) is 33.6 Å². The van der Waals surface area contributed by atoms with E-state index < -0.39 is 15.3 Å². The first-order valence-electron chi connectivity index (χ1n) is 4.94. The maximum Gasteiger partial charge on any atom is 0.217 e. The molecule has 1 atom stereocenters. The summed E-state index contributed by atoms with van der Waals surface area (Å²) in [7, 11) is -1.58. The molecule has 5 heteroatoms. The average molecular weight is 242 g/mol. The Balaban J connectivity index is 4.73. The molecule has 86 valence electrons. The van der Waals surface area contributed by atoms with Crippen LogP contribution in [0, 0.1) is 0 Å². The van der Waals surface area contributed by atoms with Crippen molar-refractivity contribution in [3.8, 4) is 0 Å². The summed E-state index contributed by atoms with van der Waals surface area (Å²) < 4.78 is 25.2. The van der Waals surface area contributed by atoms with E-state index in [2.05, 4.69) is 0 Å². The molecule has 0 aromatic heterocycles. The summed E-state index contributed by atoms with van der Waals surface area (Å²) in [6.07, 6.45) is 1.67. The van der Waals surface area contributed by atoms with E-state index in [4.69, 9.17) is 11.6 Å². The van der Waals surface area contributed by atoms with Crippen LogP contribution in [-0.2, 0) is 10.0 Å². The number of halogens is 1. The third kappa shape index (κ3) is 3.11. The van der Waals surface area contributed by atoms with E-state index in [9.17, 15) is 8.42 Å². The fourth-order valence-electron chi connectivity index (χ4n) is 1.37. The van der Waals surface area contributed by atoms with Gasteiger partial charge in [0.1, 0.15) is 0 Å². The number of rotatable bonds is 6. The summed E-state index contributed by atoms with van der Waals surface area (Å²) in [6, 6.07) is 0.0886. The summed E-state index contributed by atoms with van der Waals surface area (Å²) in [4.78, 5) is 0. The molecule has 0 radical (unpaired) electrons. The molecule has 0 saturated carbocycles. The van der Waals surface area contributed by atoms with Crippen LogP contribution in [0.5, 0.6) is 0 Å². The predicted octanol–water partition coefficient (Wildman–Crippen LogP) is 2.06. The standard InChI is InChI=1S/C9H20ClNO2S/c1-5-9(6-2)11(4)14(12,13)8(3)7-10/h8-9H,5-7H2,1-4H3. The van der Waals surface area contributed by atoms with Crippen molar-refractivity contribution in [1.82, 2.24) is 4.31 Å². The Bertz CT molecular complexity index is 250. The van der Waals surface area contributed by atoms with Crippen molar-refractivity contribution >= 4 is 21.6 Å². The second kappa shape index (κ2) is 5.93. The molecule has 0 spiro atoms. The van der Waals surface area contributed by atoms with Gasteiger partial charge in [0, 0.05) is 19.0 Å². The van der Waals surface area contributed by atoms with Gasteiger partial charge in [0.2, 0.25) is 10.0 Å². The zero-order valence-corrected chi connectivity index (χ0v) is 10.9. The van der Waals surface area contributed by atoms with Gasteiger partial charge in [0.15, 0.2) is 0 Å². The van der Waals surface area contributed by atoms with Gasteiger partial charge in [-0.25, -0.2) is 12.7 Å². The van der Waals surface area contributed by atoms with E-state index in [0.29, 0.717) is 0 Å². The van der Waals surface area contributed by atoms with Crippen LogP contribution in [0.2, 0.25) is 0 Å². The van der Waals surface area contributed by atoms with Crippen LogP contribution < -0.4 is 0 Å². The monoisotopic (exact) mass is 241 g/mol. The third-order valence-electron chi connectivity index (χ3n) is 2.58. The number of hydrogen-bond donors (Lipinski definition) is 0. The van der Waals surface area contributed by atoms with Crippen molar-refractivity contribution < 1.29 is 8.42 Å². The van der Waals surface area contributed by atoms with E-state index in [-0.39, 0.29) is 11.9 Å². The van der Waals surface area contributed by atoms with Gasteiger partial charge in [-0.15, -0.1) is 11.6 Å². The lowest BCUT2D eigenvalue weighted by Gasteiger charge is -2.27. The SMILES string of the molecule is CCC(CC)N(C)S(=O)(=O)C(C)CCl. The highest BCUT2D eigenvalue weighted by Crippen LogP contribution is 2.15. The average Bonchev–Trinajstić information content (AvgIpc) is 2.18. The number of hydrogen-bond acceptors (Lipinski definition) is 2. The Labute approximate surface area is 92.5 Å².